The maximum atomic E-state index is 11.5. The Kier molecular flexibility index (Phi) is 4.24. The van der Waals surface area contributed by atoms with Crippen LogP contribution in [0.25, 0.3) is 0 Å². The zero-order valence-electron chi connectivity index (χ0n) is 9.19. The van der Waals surface area contributed by atoms with Gasteiger partial charge < -0.3 is 9.47 Å². The molecule has 1 aromatic rings. The van der Waals surface area contributed by atoms with Crippen LogP contribution in [0.15, 0.2) is 18.5 Å². The van der Waals surface area contributed by atoms with Crippen molar-refractivity contribution in [2.24, 2.45) is 0 Å². The summed E-state index contributed by atoms with van der Waals surface area (Å²) in [5, 5.41) is 0. The molecule has 1 heterocycles. The first kappa shape index (κ1) is 11.7. The Hall–Kier alpha value is -1.42. The average Bonchev–Trinajstić information content (AvgIpc) is 2.17. The van der Waals surface area contributed by atoms with Gasteiger partial charge in [-0.05, 0) is 19.9 Å². The fourth-order valence-corrected chi connectivity index (χ4v) is 1.12. The zero-order valence-corrected chi connectivity index (χ0v) is 9.19. The molecular formula is C11H15NO3. The fraction of sp³-hybridized carbons (Fsp3) is 0.455. The highest BCUT2D eigenvalue weighted by Gasteiger charge is 2.07. The number of Topliss-reactive ketones (excluding diaryl/α,β-unsaturated/α-hetero) is 1. The van der Waals surface area contributed by atoms with Gasteiger partial charge in [-0.3, -0.25) is 9.78 Å². The first-order valence-corrected chi connectivity index (χ1v) is 4.77. The molecule has 0 aliphatic rings. The molecule has 4 nitrogen and oxygen atoms in total. The van der Waals surface area contributed by atoms with Crippen LogP contribution >= 0.6 is 0 Å². The number of pyridine rings is 1. The van der Waals surface area contributed by atoms with Gasteiger partial charge in [0.05, 0.1) is 12.3 Å². The molecule has 1 rings (SSSR count). The van der Waals surface area contributed by atoms with Gasteiger partial charge in [-0.1, -0.05) is 0 Å². The summed E-state index contributed by atoms with van der Waals surface area (Å²) >= 11 is 0. The Morgan fingerprint density at radius 3 is 2.80 bits per heavy atom. The lowest BCUT2D eigenvalue weighted by Gasteiger charge is -2.09. The van der Waals surface area contributed by atoms with Crippen molar-refractivity contribution in [3.8, 4) is 5.75 Å². The minimum atomic E-state index is -0.0980. The van der Waals surface area contributed by atoms with E-state index in [0.29, 0.717) is 11.3 Å². The molecule has 15 heavy (non-hydrogen) atoms. The molecule has 0 fully saturated rings. The number of ether oxygens (including phenoxy) is 2. The topological polar surface area (TPSA) is 48.4 Å². The number of aromatic nitrogens is 1. The van der Waals surface area contributed by atoms with Gasteiger partial charge in [-0.25, -0.2) is 0 Å². The summed E-state index contributed by atoms with van der Waals surface area (Å²) in [5.41, 5.74) is 0.509. The number of nitrogens with zero attached hydrogens (tertiary/aromatic N) is 1. The normalized spacial score (nSPS) is 10.4. The van der Waals surface area contributed by atoms with Crippen molar-refractivity contribution in [3.05, 3.63) is 24.0 Å². The smallest absolute Gasteiger partial charge is 0.190 e. The van der Waals surface area contributed by atoms with Gasteiger partial charge in [0.25, 0.3) is 0 Å². The third-order valence-corrected chi connectivity index (χ3v) is 1.68. The van der Waals surface area contributed by atoms with E-state index >= 15 is 0 Å². The molecule has 1 aromatic heterocycles. The average molecular weight is 209 g/mol. The van der Waals surface area contributed by atoms with Crippen molar-refractivity contribution in [1.29, 1.82) is 0 Å². The van der Waals surface area contributed by atoms with Crippen molar-refractivity contribution in [1.82, 2.24) is 4.98 Å². The van der Waals surface area contributed by atoms with Crippen LogP contribution in [0.4, 0.5) is 0 Å². The fourth-order valence-electron chi connectivity index (χ4n) is 1.12. The number of carbonyl (C=O) groups excluding carboxylic acids is 1. The second kappa shape index (κ2) is 5.46. The van der Waals surface area contributed by atoms with Crippen LogP contribution in [0.5, 0.6) is 5.75 Å². The highest BCUT2D eigenvalue weighted by atomic mass is 16.5. The van der Waals surface area contributed by atoms with Gasteiger partial charge in [0.2, 0.25) is 0 Å². The van der Waals surface area contributed by atoms with E-state index in [4.69, 9.17) is 9.47 Å². The van der Waals surface area contributed by atoms with E-state index in [9.17, 15) is 4.79 Å². The van der Waals surface area contributed by atoms with Crippen molar-refractivity contribution < 1.29 is 14.3 Å². The van der Waals surface area contributed by atoms with E-state index in [-0.39, 0.29) is 18.5 Å². The summed E-state index contributed by atoms with van der Waals surface area (Å²) in [4.78, 5) is 15.4. The zero-order chi connectivity index (χ0) is 11.3. The van der Waals surface area contributed by atoms with Crippen LogP contribution < -0.4 is 4.74 Å². The summed E-state index contributed by atoms with van der Waals surface area (Å²) in [6.07, 6.45) is 3.16. The molecule has 4 heteroatoms. The molecule has 0 spiro atoms. The van der Waals surface area contributed by atoms with Crippen LogP contribution in [-0.4, -0.2) is 30.6 Å². The van der Waals surface area contributed by atoms with E-state index in [1.807, 2.05) is 13.8 Å². The highest BCUT2D eigenvalue weighted by Crippen LogP contribution is 2.13. The molecule has 0 bridgehead atoms. The van der Waals surface area contributed by atoms with Gasteiger partial charge in [0.1, 0.15) is 12.4 Å². The maximum absolute atomic E-state index is 11.5. The lowest BCUT2D eigenvalue weighted by molar-refractivity contribution is 0.0847. The SMILES string of the molecule is COCC(=O)c1cncc(OC(C)C)c1. The number of hydrogen-bond donors (Lipinski definition) is 0. The second-order valence-corrected chi connectivity index (χ2v) is 3.43. The molecule has 0 amide bonds. The summed E-state index contributed by atoms with van der Waals surface area (Å²) in [5.74, 6) is 0.506. The highest BCUT2D eigenvalue weighted by molar-refractivity contribution is 5.97. The van der Waals surface area contributed by atoms with Gasteiger partial charge in [-0.15, -0.1) is 0 Å². The summed E-state index contributed by atoms with van der Waals surface area (Å²) in [6, 6.07) is 1.67. The molecule has 0 atom stereocenters. The van der Waals surface area contributed by atoms with Crippen molar-refractivity contribution in [2.45, 2.75) is 20.0 Å². The van der Waals surface area contributed by atoms with Crippen LogP contribution in [0.2, 0.25) is 0 Å². The molecule has 0 aliphatic carbocycles. The third-order valence-electron chi connectivity index (χ3n) is 1.68. The second-order valence-electron chi connectivity index (χ2n) is 3.43. The Labute approximate surface area is 89.2 Å². The molecule has 0 N–H and O–H groups in total. The van der Waals surface area contributed by atoms with Crippen molar-refractivity contribution in [2.75, 3.05) is 13.7 Å². The predicted molar refractivity (Wildman–Crippen MR) is 56.2 cm³/mol. The molecule has 0 aromatic carbocycles. The standard InChI is InChI=1S/C11H15NO3/c1-8(2)15-10-4-9(5-12-6-10)11(13)7-14-3/h4-6,8H,7H2,1-3H3. The molecule has 0 radical (unpaired) electrons. The predicted octanol–water partition coefficient (Wildman–Crippen LogP) is 1.70. The maximum Gasteiger partial charge on any atom is 0.190 e. The van der Waals surface area contributed by atoms with E-state index in [0.717, 1.165) is 0 Å². The Bertz CT molecular complexity index is 336. The van der Waals surface area contributed by atoms with Crippen LogP contribution in [0.3, 0.4) is 0 Å². The molecular weight excluding hydrogens is 194 g/mol. The summed E-state index contributed by atoms with van der Waals surface area (Å²) in [7, 11) is 1.49. The van der Waals surface area contributed by atoms with E-state index in [1.54, 1.807) is 12.3 Å². The summed E-state index contributed by atoms with van der Waals surface area (Å²) < 4.78 is 10.2. The van der Waals surface area contributed by atoms with Crippen molar-refractivity contribution in [3.63, 3.8) is 0 Å². The van der Waals surface area contributed by atoms with Crippen molar-refractivity contribution >= 4 is 5.78 Å². The molecule has 0 unspecified atom stereocenters. The minimum absolute atomic E-state index is 0.0623. The van der Waals surface area contributed by atoms with Crippen LogP contribution in [-0.2, 0) is 4.74 Å². The van der Waals surface area contributed by atoms with E-state index in [1.165, 1.54) is 13.3 Å². The number of ketones is 1. The van der Waals surface area contributed by atoms with Gasteiger partial charge in [0, 0.05) is 18.9 Å². The lowest BCUT2D eigenvalue weighted by atomic mass is 10.2. The Morgan fingerprint density at radius 1 is 1.47 bits per heavy atom. The third kappa shape index (κ3) is 3.67. The lowest BCUT2D eigenvalue weighted by Crippen LogP contribution is -2.10. The number of methoxy groups -OCH3 is 1. The Balaban J connectivity index is 2.78. The minimum Gasteiger partial charge on any atom is -0.489 e. The molecule has 82 valence electrons. The number of hydrogen-bond acceptors (Lipinski definition) is 4. The number of carbonyl (C=O) groups is 1. The molecule has 0 saturated heterocycles. The quantitative estimate of drug-likeness (QED) is 0.692. The first-order valence-electron chi connectivity index (χ1n) is 4.77. The Morgan fingerprint density at radius 2 is 2.20 bits per heavy atom. The summed E-state index contributed by atoms with van der Waals surface area (Å²) in [6.45, 7) is 3.90. The number of rotatable bonds is 5. The molecule has 0 saturated carbocycles. The molecule has 0 aliphatic heterocycles. The van der Waals surface area contributed by atoms with E-state index in [2.05, 4.69) is 4.98 Å². The van der Waals surface area contributed by atoms with Crippen LogP contribution in [0, 0.1) is 0 Å². The van der Waals surface area contributed by atoms with Gasteiger partial charge in [-0.2, -0.15) is 0 Å². The van der Waals surface area contributed by atoms with Crippen LogP contribution in [0.1, 0.15) is 24.2 Å². The van der Waals surface area contributed by atoms with Gasteiger partial charge >= 0.3 is 0 Å². The van der Waals surface area contributed by atoms with E-state index < -0.39 is 0 Å². The largest absolute Gasteiger partial charge is 0.489 e. The van der Waals surface area contributed by atoms with Gasteiger partial charge in [0.15, 0.2) is 5.78 Å². The monoisotopic (exact) mass is 209 g/mol. The first-order chi connectivity index (χ1) is 7.13.